The van der Waals surface area contributed by atoms with E-state index in [1.807, 2.05) is 19.1 Å². The molecule has 27 heavy (non-hydrogen) atoms. The molecule has 0 atom stereocenters. The van der Waals surface area contributed by atoms with Gasteiger partial charge in [0, 0.05) is 11.6 Å². The zero-order valence-corrected chi connectivity index (χ0v) is 14.4. The maximum atomic E-state index is 13.4. The molecule has 4 aromatic rings. The molecular formula is C20H15FN4O2. The number of amides is 1. The standard InChI is InChI=1S/C20H15FN4O2/c1-12-4-6-17(14-3-2-8-22-19(12)14)24-18(26)10-25-11-23-16-7-5-13(21)9-15(16)20(25)27/h2-9,11H,10H2,1H3,(H,24,26). The Morgan fingerprint density at radius 1 is 1.15 bits per heavy atom. The van der Waals surface area contributed by atoms with Crippen LogP contribution >= 0.6 is 0 Å². The quantitative estimate of drug-likeness (QED) is 0.608. The Bertz CT molecular complexity index is 1250. The monoisotopic (exact) mass is 362 g/mol. The smallest absolute Gasteiger partial charge is 0.261 e. The van der Waals surface area contributed by atoms with Gasteiger partial charge in [-0.05, 0) is 48.9 Å². The highest BCUT2D eigenvalue weighted by atomic mass is 19.1. The van der Waals surface area contributed by atoms with Crippen LogP contribution in [0.5, 0.6) is 0 Å². The fourth-order valence-corrected chi connectivity index (χ4v) is 3.01. The number of halogens is 1. The van der Waals surface area contributed by atoms with E-state index in [0.717, 1.165) is 27.1 Å². The molecule has 0 fully saturated rings. The van der Waals surface area contributed by atoms with Crippen molar-refractivity contribution in [2.45, 2.75) is 13.5 Å². The van der Waals surface area contributed by atoms with Gasteiger partial charge in [0.1, 0.15) is 12.4 Å². The molecule has 1 N–H and O–H groups in total. The number of nitrogens with zero attached hydrogens (tertiary/aromatic N) is 3. The summed E-state index contributed by atoms with van der Waals surface area (Å²) in [6.07, 6.45) is 2.98. The Labute approximate surface area is 153 Å². The first kappa shape index (κ1) is 16.8. The van der Waals surface area contributed by atoms with Crippen molar-refractivity contribution in [2.75, 3.05) is 5.32 Å². The van der Waals surface area contributed by atoms with Crippen LogP contribution in [0, 0.1) is 12.7 Å². The van der Waals surface area contributed by atoms with Crippen LogP contribution in [0.25, 0.3) is 21.8 Å². The number of carbonyl (C=O) groups is 1. The lowest BCUT2D eigenvalue weighted by Gasteiger charge is -2.11. The third-order valence-corrected chi connectivity index (χ3v) is 4.35. The Morgan fingerprint density at radius 3 is 2.85 bits per heavy atom. The number of aromatic nitrogens is 3. The molecule has 0 aliphatic heterocycles. The van der Waals surface area contributed by atoms with Gasteiger partial charge >= 0.3 is 0 Å². The van der Waals surface area contributed by atoms with E-state index in [9.17, 15) is 14.0 Å². The van der Waals surface area contributed by atoms with E-state index < -0.39 is 11.4 Å². The Kier molecular flexibility index (Phi) is 4.12. The minimum Gasteiger partial charge on any atom is -0.324 e. The van der Waals surface area contributed by atoms with E-state index in [2.05, 4.69) is 15.3 Å². The average molecular weight is 362 g/mol. The van der Waals surface area contributed by atoms with Crippen LogP contribution in [-0.4, -0.2) is 20.4 Å². The Balaban J connectivity index is 1.64. The molecule has 0 radical (unpaired) electrons. The van der Waals surface area contributed by atoms with Crippen LogP contribution in [0.1, 0.15) is 5.56 Å². The highest BCUT2D eigenvalue weighted by Gasteiger charge is 2.11. The average Bonchev–Trinajstić information content (AvgIpc) is 2.67. The molecule has 2 aromatic carbocycles. The SMILES string of the molecule is Cc1ccc(NC(=O)Cn2cnc3ccc(F)cc3c2=O)c2cccnc12. The number of aryl methyl sites for hydroxylation is 1. The first-order valence-corrected chi connectivity index (χ1v) is 8.32. The molecule has 7 heteroatoms. The molecule has 0 bridgehead atoms. The summed E-state index contributed by atoms with van der Waals surface area (Å²) in [5.41, 5.74) is 2.33. The van der Waals surface area contributed by atoms with Crippen LogP contribution in [0.2, 0.25) is 0 Å². The molecule has 4 rings (SSSR count). The van der Waals surface area contributed by atoms with Crippen LogP contribution in [0.4, 0.5) is 10.1 Å². The molecule has 1 amide bonds. The number of pyridine rings is 1. The van der Waals surface area contributed by atoms with E-state index >= 15 is 0 Å². The predicted octanol–water partition coefficient (Wildman–Crippen LogP) is 3.03. The molecule has 6 nitrogen and oxygen atoms in total. The van der Waals surface area contributed by atoms with Gasteiger partial charge in [0.2, 0.25) is 5.91 Å². The van der Waals surface area contributed by atoms with Gasteiger partial charge < -0.3 is 5.32 Å². The second-order valence-corrected chi connectivity index (χ2v) is 6.22. The van der Waals surface area contributed by atoms with Crippen molar-refractivity contribution in [3.05, 3.63) is 76.7 Å². The fourth-order valence-electron chi connectivity index (χ4n) is 3.01. The van der Waals surface area contributed by atoms with Crippen molar-refractivity contribution in [1.29, 1.82) is 0 Å². The number of anilines is 1. The van der Waals surface area contributed by atoms with E-state index in [1.54, 1.807) is 18.3 Å². The van der Waals surface area contributed by atoms with Gasteiger partial charge in [-0.1, -0.05) is 6.07 Å². The van der Waals surface area contributed by atoms with Gasteiger partial charge in [0.25, 0.3) is 5.56 Å². The zero-order chi connectivity index (χ0) is 19.0. The van der Waals surface area contributed by atoms with Crippen LogP contribution in [0.3, 0.4) is 0 Å². The number of hydrogen-bond donors (Lipinski definition) is 1. The highest BCUT2D eigenvalue weighted by Crippen LogP contribution is 2.24. The molecule has 0 spiro atoms. The topological polar surface area (TPSA) is 76.9 Å². The molecule has 2 heterocycles. The van der Waals surface area contributed by atoms with Gasteiger partial charge in [0.15, 0.2) is 0 Å². The number of carbonyl (C=O) groups excluding carboxylic acids is 1. The lowest BCUT2D eigenvalue weighted by atomic mass is 10.1. The number of fused-ring (bicyclic) bond motifs is 2. The highest BCUT2D eigenvalue weighted by molar-refractivity contribution is 6.01. The summed E-state index contributed by atoms with van der Waals surface area (Å²) in [5, 5.41) is 3.76. The first-order chi connectivity index (χ1) is 13.0. The molecule has 2 aromatic heterocycles. The van der Waals surface area contributed by atoms with Crippen molar-refractivity contribution in [2.24, 2.45) is 0 Å². The first-order valence-electron chi connectivity index (χ1n) is 8.32. The normalized spacial score (nSPS) is 11.0. The van der Waals surface area contributed by atoms with E-state index in [1.165, 1.54) is 18.5 Å². The number of hydrogen-bond acceptors (Lipinski definition) is 4. The van der Waals surface area contributed by atoms with Crippen molar-refractivity contribution in [3.8, 4) is 0 Å². The van der Waals surface area contributed by atoms with E-state index in [4.69, 9.17) is 0 Å². The second kappa shape index (κ2) is 6.60. The lowest BCUT2D eigenvalue weighted by molar-refractivity contribution is -0.116. The maximum Gasteiger partial charge on any atom is 0.261 e. The third-order valence-electron chi connectivity index (χ3n) is 4.35. The molecular weight excluding hydrogens is 347 g/mol. The summed E-state index contributed by atoms with van der Waals surface area (Å²) in [6, 6.07) is 11.1. The Morgan fingerprint density at radius 2 is 2.00 bits per heavy atom. The summed E-state index contributed by atoms with van der Waals surface area (Å²) in [7, 11) is 0. The van der Waals surface area contributed by atoms with Gasteiger partial charge in [-0.2, -0.15) is 0 Å². The summed E-state index contributed by atoms with van der Waals surface area (Å²) in [5.74, 6) is -0.911. The molecule has 0 unspecified atom stereocenters. The van der Waals surface area contributed by atoms with Crippen molar-refractivity contribution in [3.63, 3.8) is 0 Å². The number of nitrogens with one attached hydrogen (secondary N) is 1. The second-order valence-electron chi connectivity index (χ2n) is 6.22. The van der Waals surface area contributed by atoms with E-state index in [0.29, 0.717) is 11.2 Å². The molecule has 134 valence electrons. The summed E-state index contributed by atoms with van der Waals surface area (Å²) in [6.45, 7) is 1.72. The van der Waals surface area contributed by atoms with Gasteiger partial charge in [-0.15, -0.1) is 0 Å². The zero-order valence-electron chi connectivity index (χ0n) is 14.4. The van der Waals surface area contributed by atoms with Crippen LogP contribution in [-0.2, 0) is 11.3 Å². The van der Waals surface area contributed by atoms with Gasteiger partial charge in [-0.3, -0.25) is 19.1 Å². The molecule has 0 aliphatic rings. The van der Waals surface area contributed by atoms with Crippen molar-refractivity contribution < 1.29 is 9.18 Å². The summed E-state index contributed by atoms with van der Waals surface area (Å²) in [4.78, 5) is 33.4. The minimum atomic E-state index is -0.526. The molecule has 0 saturated carbocycles. The predicted molar refractivity (Wildman–Crippen MR) is 101 cm³/mol. The van der Waals surface area contributed by atoms with Crippen LogP contribution < -0.4 is 10.9 Å². The van der Waals surface area contributed by atoms with Gasteiger partial charge in [-0.25, -0.2) is 9.37 Å². The number of rotatable bonds is 3. The Hall–Kier alpha value is -3.61. The van der Waals surface area contributed by atoms with Crippen molar-refractivity contribution >= 4 is 33.4 Å². The van der Waals surface area contributed by atoms with Gasteiger partial charge in [0.05, 0.1) is 28.4 Å². The van der Waals surface area contributed by atoms with Crippen molar-refractivity contribution in [1.82, 2.24) is 14.5 Å². The molecule has 0 aliphatic carbocycles. The van der Waals surface area contributed by atoms with E-state index in [-0.39, 0.29) is 17.8 Å². The molecule has 0 saturated heterocycles. The fraction of sp³-hybridized carbons (Fsp3) is 0.100. The maximum absolute atomic E-state index is 13.4. The third kappa shape index (κ3) is 3.15. The minimum absolute atomic E-state index is 0.135. The van der Waals surface area contributed by atoms with Crippen LogP contribution in [0.15, 0.2) is 59.8 Å². The number of benzene rings is 2. The summed E-state index contributed by atoms with van der Waals surface area (Å²) < 4.78 is 14.6. The lowest BCUT2D eigenvalue weighted by Crippen LogP contribution is -2.28. The largest absolute Gasteiger partial charge is 0.324 e. The summed E-state index contributed by atoms with van der Waals surface area (Å²) >= 11 is 0.